The van der Waals surface area contributed by atoms with Crippen molar-refractivity contribution < 1.29 is 4.79 Å². The molecule has 88 valence electrons. The minimum Gasteiger partial charge on any atom is -0.398 e. The van der Waals surface area contributed by atoms with E-state index in [1.165, 1.54) is 4.90 Å². The van der Waals surface area contributed by atoms with Crippen molar-refractivity contribution in [1.29, 1.82) is 0 Å². The van der Waals surface area contributed by atoms with Crippen LogP contribution in [0.25, 0.3) is 10.8 Å². The maximum atomic E-state index is 12.0. The van der Waals surface area contributed by atoms with Gasteiger partial charge in [-0.15, -0.1) is 0 Å². The third-order valence-corrected chi connectivity index (χ3v) is 2.78. The molecule has 1 aromatic heterocycles. The number of nitrogens with zero attached hydrogens (tertiary/aromatic N) is 2. The van der Waals surface area contributed by atoms with Gasteiger partial charge in [0.1, 0.15) is 5.69 Å². The Hall–Kier alpha value is -2.10. The van der Waals surface area contributed by atoms with Crippen LogP contribution in [0.1, 0.15) is 16.1 Å². The maximum Gasteiger partial charge on any atom is 0.272 e. The first-order valence-corrected chi connectivity index (χ1v) is 5.38. The molecule has 2 aromatic rings. The van der Waals surface area contributed by atoms with Gasteiger partial charge in [0.2, 0.25) is 0 Å². The van der Waals surface area contributed by atoms with E-state index < -0.39 is 0 Å². The monoisotopic (exact) mass is 229 g/mol. The quantitative estimate of drug-likeness (QED) is 0.759. The molecule has 0 unspecified atom stereocenters. The third kappa shape index (κ3) is 1.82. The second-order valence-electron chi connectivity index (χ2n) is 4.25. The summed E-state index contributed by atoms with van der Waals surface area (Å²) in [5.74, 6) is -0.107. The fourth-order valence-corrected chi connectivity index (χ4v) is 1.86. The maximum absolute atomic E-state index is 12.0. The number of rotatable bonds is 1. The molecule has 0 radical (unpaired) electrons. The van der Waals surface area contributed by atoms with Crippen molar-refractivity contribution in [2.24, 2.45) is 0 Å². The van der Waals surface area contributed by atoms with Gasteiger partial charge >= 0.3 is 0 Å². The zero-order valence-electron chi connectivity index (χ0n) is 10.2. The molecular formula is C13H15N3O. The molecule has 4 heteroatoms. The van der Waals surface area contributed by atoms with Crippen molar-refractivity contribution in [3.05, 3.63) is 35.7 Å². The average Bonchev–Trinajstić information content (AvgIpc) is 2.32. The van der Waals surface area contributed by atoms with Gasteiger partial charge in [-0.1, -0.05) is 6.07 Å². The molecule has 0 saturated carbocycles. The normalized spacial score (nSPS) is 10.5. The van der Waals surface area contributed by atoms with Gasteiger partial charge in [-0.3, -0.25) is 9.78 Å². The van der Waals surface area contributed by atoms with Crippen LogP contribution >= 0.6 is 0 Å². The van der Waals surface area contributed by atoms with Crippen molar-refractivity contribution in [2.75, 3.05) is 19.8 Å². The minimum absolute atomic E-state index is 0.107. The first-order chi connectivity index (χ1) is 8.02. The number of amides is 1. The molecule has 17 heavy (non-hydrogen) atoms. The molecule has 2 N–H and O–H groups in total. The number of aromatic nitrogens is 1. The number of fused-ring (bicyclic) bond motifs is 1. The van der Waals surface area contributed by atoms with Crippen LogP contribution in [0.3, 0.4) is 0 Å². The number of carbonyl (C=O) groups excluding carboxylic acids is 1. The van der Waals surface area contributed by atoms with Crippen LogP contribution in [-0.2, 0) is 0 Å². The first kappa shape index (κ1) is 11.4. The molecule has 1 amide bonds. The molecule has 1 heterocycles. The number of hydrogen-bond acceptors (Lipinski definition) is 3. The summed E-state index contributed by atoms with van der Waals surface area (Å²) in [5.41, 5.74) is 8.05. The smallest absolute Gasteiger partial charge is 0.272 e. The molecule has 0 atom stereocenters. The summed E-state index contributed by atoms with van der Waals surface area (Å²) in [6, 6.07) is 5.59. The summed E-state index contributed by atoms with van der Waals surface area (Å²) in [6.07, 6.45) is 1.62. The van der Waals surface area contributed by atoms with E-state index in [0.29, 0.717) is 11.4 Å². The van der Waals surface area contributed by atoms with E-state index in [2.05, 4.69) is 4.98 Å². The number of aryl methyl sites for hydroxylation is 1. The Labute approximate surface area is 100 Å². The van der Waals surface area contributed by atoms with E-state index in [1.807, 2.05) is 25.1 Å². The highest BCUT2D eigenvalue weighted by Gasteiger charge is 2.15. The highest BCUT2D eigenvalue weighted by atomic mass is 16.2. The zero-order valence-corrected chi connectivity index (χ0v) is 10.2. The van der Waals surface area contributed by atoms with Gasteiger partial charge in [0, 0.05) is 36.8 Å². The van der Waals surface area contributed by atoms with Gasteiger partial charge in [-0.25, -0.2) is 0 Å². The Morgan fingerprint density at radius 1 is 1.29 bits per heavy atom. The number of nitrogen functional groups attached to an aromatic ring is 1. The predicted octanol–water partition coefficient (Wildman–Crippen LogP) is 1.83. The van der Waals surface area contributed by atoms with Crippen LogP contribution in [0, 0.1) is 6.92 Å². The van der Waals surface area contributed by atoms with Gasteiger partial charge < -0.3 is 10.6 Å². The second-order valence-corrected chi connectivity index (χ2v) is 4.25. The van der Waals surface area contributed by atoms with Crippen LogP contribution in [0.5, 0.6) is 0 Å². The summed E-state index contributed by atoms with van der Waals surface area (Å²) < 4.78 is 0. The Morgan fingerprint density at radius 2 is 2.00 bits per heavy atom. The van der Waals surface area contributed by atoms with Gasteiger partial charge in [-0.2, -0.15) is 0 Å². The molecule has 0 aliphatic carbocycles. The highest BCUT2D eigenvalue weighted by Crippen LogP contribution is 2.26. The number of hydrogen-bond donors (Lipinski definition) is 1. The molecule has 0 aliphatic rings. The van der Waals surface area contributed by atoms with Crippen molar-refractivity contribution >= 4 is 22.4 Å². The number of pyridine rings is 1. The zero-order chi connectivity index (χ0) is 12.6. The van der Waals surface area contributed by atoms with Crippen LogP contribution in [0.2, 0.25) is 0 Å². The Kier molecular flexibility index (Phi) is 2.71. The van der Waals surface area contributed by atoms with Gasteiger partial charge in [0.15, 0.2) is 0 Å². The molecule has 0 bridgehead atoms. The van der Waals surface area contributed by atoms with Crippen molar-refractivity contribution in [3.63, 3.8) is 0 Å². The van der Waals surface area contributed by atoms with E-state index in [1.54, 1.807) is 20.3 Å². The number of nitrogens with two attached hydrogens (primary N) is 1. The molecule has 0 fully saturated rings. The van der Waals surface area contributed by atoms with Crippen LogP contribution in [0.15, 0.2) is 24.4 Å². The molecule has 0 aliphatic heterocycles. The Balaban J connectivity index is 2.82. The fraction of sp³-hybridized carbons (Fsp3) is 0.231. The standard InChI is InChI=1S/C13H15N3O/c1-8-4-5-10(14)9-6-7-15-12(11(8)9)13(17)16(2)3/h4-7H,14H2,1-3H3. The molecule has 2 rings (SSSR count). The fourth-order valence-electron chi connectivity index (χ4n) is 1.86. The molecule has 0 saturated heterocycles. The number of anilines is 1. The average molecular weight is 229 g/mol. The lowest BCUT2D eigenvalue weighted by Gasteiger charge is -2.13. The van der Waals surface area contributed by atoms with E-state index >= 15 is 0 Å². The largest absolute Gasteiger partial charge is 0.398 e. The summed E-state index contributed by atoms with van der Waals surface area (Å²) in [5, 5.41) is 1.72. The lowest BCUT2D eigenvalue weighted by Crippen LogP contribution is -2.23. The molecule has 1 aromatic carbocycles. The van der Waals surface area contributed by atoms with Gasteiger partial charge in [0.05, 0.1) is 0 Å². The van der Waals surface area contributed by atoms with E-state index in [9.17, 15) is 4.79 Å². The van der Waals surface area contributed by atoms with Gasteiger partial charge in [0.25, 0.3) is 5.91 Å². The van der Waals surface area contributed by atoms with Crippen molar-refractivity contribution in [3.8, 4) is 0 Å². The highest BCUT2D eigenvalue weighted by molar-refractivity contribution is 6.09. The van der Waals surface area contributed by atoms with E-state index in [4.69, 9.17) is 5.73 Å². The number of carbonyl (C=O) groups is 1. The lowest BCUT2D eigenvalue weighted by atomic mass is 10.0. The Bertz CT molecular complexity index is 590. The topological polar surface area (TPSA) is 59.2 Å². The summed E-state index contributed by atoms with van der Waals surface area (Å²) >= 11 is 0. The molecule has 0 spiro atoms. The van der Waals surface area contributed by atoms with Crippen LogP contribution < -0.4 is 5.73 Å². The van der Waals surface area contributed by atoms with Gasteiger partial charge in [-0.05, 0) is 24.6 Å². The van der Waals surface area contributed by atoms with E-state index in [0.717, 1.165) is 16.3 Å². The molecule has 4 nitrogen and oxygen atoms in total. The van der Waals surface area contributed by atoms with E-state index in [-0.39, 0.29) is 5.91 Å². The minimum atomic E-state index is -0.107. The SMILES string of the molecule is Cc1ccc(N)c2ccnc(C(=O)N(C)C)c12. The molecular weight excluding hydrogens is 214 g/mol. The first-order valence-electron chi connectivity index (χ1n) is 5.38. The van der Waals surface area contributed by atoms with Crippen molar-refractivity contribution in [1.82, 2.24) is 9.88 Å². The predicted molar refractivity (Wildman–Crippen MR) is 68.9 cm³/mol. The summed E-state index contributed by atoms with van der Waals surface area (Å²) in [6.45, 7) is 1.95. The Morgan fingerprint density at radius 3 is 2.65 bits per heavy atom. The lowest BCUT2D eigenvalue weighted by molar-refractivity contribution is 0.0824. The second kappa shape index (κ2) is 4.05. The summed E-state index contributed by atoms with van der Waals surface area (Å²) in [4.78, 5) is 17.7. The third-order valence-electron chi connectivity index (χ3n) is 2.78. The summed E-state index contributed by atoms with van der Waals surface area (Å²) in [7, 11) is 3.43. The van der Waals surface area contributed by atoms with Crippen molar-refractivity contribution in [2.45, 2.75) is 6.92 Å². The van der Waals surface area contributed by atoms with Crippen LogP contribution in [-0.4, -0.2) is 29.9 Å². The number of benzene rings is 1. The van der Waals surface area contributed by atoms with Crippen LogP contribution in [0.4, 0.5) is 5.69 Å².